The second-order valence-corrected chi connectivity index (χ2v) is 11.9. The molecule has 2 aromatic heterocycles. The number of benzene rings is 2. The van der Waals surface area contributed by atoms with E-state index in [1.54, 1.807) is 26.2 Å². The van der Waals surface area contributed by atoms with Crippen LogP contribution in [0.15, 0.2) is 65.9 Å². The van der Waals surface area contributed by atoms with E-state index < -0.39 is 53.8 Å². The lowest BCUT2D eigenvalue weighted by molar-refractivity contribution is -0.143. The highest BCUT2D eigenvalue weighted by Gasteiger charge is 2.32. The maximum absolute atomic E-state index is 14.0. The van der Waals surface area contributed by atoms with Gasteiger partial charge in [0, 0.05) is 53.6 Å². The van der Waals surface area contributed by atoms with Crippen molar-refractivity contribution in [2.75, 3.05) is 6.54 Å². The van der Waals surface area contributed by atoms with Crippen molar-refractivity contribution >= 4 is 51.5 Å². The van der Waals surface area contributed by atoms with E-state index in [-0.39, 0.29) is 25.2 Å². The van der Waals surface area contributed by atoms with E-state index >= 15 is 0 Å². The standard InChI is InChI=1S/C33H43N9O5/c1-18(2)28(32(46)47)42-31(45)27(15-20-17-39-25-12-6-4-9-22(20)25)41-30(44)26(14-19-16-38-24-11-5-3-8-21(19)24)40-29(43)23(34)10-7-13-37-33(35)36/h3-6,8-9,11-12,16-18,23,26-28,38-39H,7,10,13-15,34H2,1-2H3,(H,40,43)(H,41,44)(H,42,45)(H,46,47)(H4,35,36,37). The lowest BCUT2D eigenvalue weighted by Crippen LogP contribution is -2.58. The van der Waals surface area contributed by atoms with Crippen molar-refractivity contribution in [2.45, 2.75) is 63.7 Å². The fraction of sp³-hybridized carbons (Fsp3) is 0.364. The molecule has 0 aliphatic rings. The largest absolute Gasteiger partial charge is 0.480 e. The zero-order valence-corrected chi connectivity index (χ0v) is 26.5. The SMILES string of the molecule is CC(C)C(NC(=O)C(Cc1c[nH]c2ccccc12)NC(=O)C(Cc1c[nH]c2ccccc12)NC(=O)C(N)CCCN=C(N)N)C(=O)O. The number of nitrogens with two attached hydrogens (primary N) is 3. The van der Waals surface area contributed by atoms with Crippen molar-refractivity contribution in [3.63, 3.8) is 0 Å². The van der Waals surface area contributed by atoms with Crippen molar-refractivity contribution in [2.24, 2.45) is 28.1 Å². The summed E-state index contributed by atoms with van der Waals surface area (Å²) >= 11 is 0. The molecule has 14 heteroatoms. The van der Waals surface area contributed by atoms with Crippen LogP contribution in [-0.2, 0) is 32.0 Å². The topological polar surface area (TPSA) is 247 Å². The minimum Gasteiger partial charge on any atom is -0.480 e. The Kier molecular flexibility index (Phi) is 11.6. The number of H-pyrrole nitrogens is 2. The van der Waals surface area contributed by atoms with Crippen molar-refractivity contribution in [3.8, 4) is 0 Å². The number of carbonyl (C=O) groups excluding carboxylic acids is 3. The summed E-state index contributed by atoms with van der Waals surface area (Å²) in [6.45, 7) is 3.65. The molecule has 250 valence electrons. The summed E-state index contributed by atoms with van der Waals surface area (Å²) in [5.74, 6) is -3.52. The van der Waals surface area contributed by atoms with Gasteiger partial charge in [0.2, 0.25) is 17.7 Å². The lowest BCUT2D eigenvalue weighted by atomic mass is 10.00. The van der Waals surface area contributed by atoms with Crippen LogP contribution in [-0.4, -0.2) is 75.4 Å². The number of aromatic amines is 2. The smallest absolute Gasteiger partial charge is 0.326 e. The second kappa shape index (κ2) is 15.8. The lowest BCUT2D eigenvalue weighted by Gasteiger charge is -2.26. The highest BCUT2D eigenvalue weighted by molar-refractivity contribution is 5.95. The van der Waals surface area contributed by atoms with Crippen molar-refractivity contribution in [1.82, 2.24) is 25.9 Å². The van der Waals surface area contributed by atoms with Crippen LogP contribution in [0, 0.1) is 5.92 Å². The Morgan fingerprint density at radius 1 is 0.787 bits per heavy atom. The summed E-state index contributed by atoms with van der Waals surface area (Å²) in [4.78, 5) is 63.1. The van der Waals surface area contributed by atoms with Crippen LogP contribution in [0.1, 0.15) is 37.8 Å². The normalized spacial score (nSPS) is 13.9. The fourth-order valence-electron chi connectivity index (χ4n) is 5.43. The van der Waals surface area contributed by atoms with Crippen LogP contribution < -0.4 is 33.2 Å². The van der Waals surface area contributed by atoms with Crippen LogP contribution >= 0.6 is 0 Å². The number of amides is 3. The van der Waals surface area contributed by atoms with Gasteiger partial charge >= 0.3 is 5.97 Å². The molecule has 0 saturated heterocycles. The molecule has 4 atom stereocenters. The second-order valence-electron chi connectivity index (χ2n) is 11.9. The van der Waals surface area contributed by atoms with Gasteiger partial charge < -0.3 is 48.2 Å². The van der Waals surface area contributed by atoms with Gasteiger partial charge in [-0.1, -0.05) is 50.2 Å². The maximum Gasteiger partial charge on any atom is 0.326 e. The number of fused-ring (bicyclic) bond motifs is 2. The summed E-state index contributed by atoms with van der Waals surface area (Å²) in [6, 6.07) is 10.6. The number of hydrogen-bond donors (Lipinski definition) is 9. The number of aromatic nitrogens is 2. The third-order valence-electron chi connectivity index (χ3n) is 8.00. The first kappa shape index (κ1) is 34.5. The molecule has 0 saturated carbocycles. The number of carbonyl (C=O) groups is 4. The number of aliphatic carboxylic acids is 1. The van der Waals surface area contributed by atoms with Crippen LogP contribution in [0.25, 0.3) is 21.8 Å². The monoisotopic (exact) mass is 645 g/mol. The first-order valence-corrected chi connectivity index (χ1v) is 15.5. The summed E-state index contributed by atoms with van der Waals surface area (Å²) in [6.07, 6.45) is 4.38. The predicted octanol–water partition coefficient (Wildman–Crippen LogP) is 1.01. The van der Waals surface area contributed by atoms with E-state index in [9.17, 15) is 24.3 Å². The van der Waals surface area contributed by atoms with Crippen LogP contribution in [0.3, 0.4) is 0 Å². The molecular weight excluding hydrogens is 602 g/mol. The Morgan fingerprint density at radius 2 is 1.28 bits per heavy atom. The van der Waals surface area contributed by atoms with Gasteiger partial charge in [0.1, 0.15) is 18.1 Å². The Bertz CT molecular complexity index is 1740. The average molecular weight is 646 g/mol. The van der Waals surface area contributed by atoms with Gasteiger partial charge in [-0.05, 0) is 42.0 Å². The number of nitrogens with one attached hydrogen (secondary N) is 5. The molecule has 0 spiro atoms. The third-order valence-corrected chi connectivity index (χ3v) is 8.00. The molecule has 2 heterocycles. The van der Waals surface area contributed by atoms with Gasteiger partial charge in [-0.25, -0.2) is 4.79 Å². The zero-order valence-electron chi connectivity index (χ0n) is 26.5. The average Bonchev–Trinajstić information content (AvgIpc) is 3.64. The van der Waals surface area contributed by atoms with E-state index in [0.29, 0.717) is 13.0 Å². The molecule has 0 bridgehead atoms. The van der Waals surface area contributed by atoms with E-state index in [1.165, 1.54) is 0 Å². The number of guanidine groups is 1. The highest BCUT2D eigenvalue weighted by atomic mass is 16.4. The number of carboxylic acid groups (broad SMARTS) is 1. The maximum atomic E-state index is 14.0. The molecule has 4 unspecified atom stereocenters. The molecule has 0 aliphatic carbocycles. The van der Waals surface area contributed by atoms with Gasteiger partial charge in [0.15, 0.2) is 5.96 Å². The van der Waals surface area contributed by atoms with E-state index in [1.807, 2.05) is 48.5 Å². The minimum atomic E-state index is -1.19. The molecule has 4 aromatic rings. The van der Waals surface area contributed by atoms with E-state index in [2.05, 4.69) is 30.9 Å². The quantitative estimate of drug-likeness (QED) is 0.0482. The Balaban J connectivity index is 1.61. The molecule has 3 amide bonds. The van der Waals surface area contributed by atoms with Crippen molar-refractivity contribution < 1.29 is 24.3 Å². The highest BCUT2D eigenvalue weighted by Crippen LogP contribution is 2.21. The fourth-order valence-corrected chi connectivity index (χ4v) is 5.43. The van der Waals surface area contributed by atoms with Crippen LogP contribution in [0.5, 0.6) is 0 Å². The number of para-hydroxylation sites is 2. The van der Waals surface area contributed by atoms with Gasteiger partial charge in [-0.15, -0.1) is 0 Å². The summed E-state index contributed by atoms with van der Waals surface area (Å²) in [5, 5.41) is 19.6. The molecule has 0 radical (unpaired) electrons. The molecular formula is C33H43N9O5. The van der Waals surface area contributed by atoms with Crippen molar-refractivity contribution in [1.29, 1.82) is 0 Å². The van der Waals surface area contributed by atoms with Crippen LogP contribution in [0.2, 0.25) is 0 Å². The number of carboxylic acids is 1. The number of aliphatic imine (C=N–C) groups is 1. The van der Waals surface area contributed by atoms with E-state index in [0.717, 1.165) is 32.9 Å². The molecule has 2 aromatic carbocycles. The summed E-state index contributed by atoms with van der Waals surface area (Å²) in [7, 11) is 0. The predicted molar refractivity (Wildman–Crippen MR) is 180 cm³/mol. The Hall–Kier alpha value is -5.37. The van der Waals surface area contributed by atoms with Gasteiger partial charge in [-0.2, -0.15) is 0 Å². The van der Waals surface area contributed by atoms with Crippen molar-refractivity contribution in [3.05, 3.63) is 72.1 Å². The number of hydrogen-bond acceptors (Lipinski definition) is 6. The first-order chi connectivity index (χ1) is 22.4. The molecule has 47 heavy (non-hydrogen) atoms. The van der Waals surface area contributed by atoms with Gasteiger partial charge in [-0.3, -0.25) is 19.4 Å². The molecule has 0 fully saturated rings. The molecule has 4 rings (SSSR count). The van der Waals surface area contributed by atoms with Gasteiger partial charge in [0.05, 0.1) is 6.04 Å². The molecule has 12 N–H and O–H groups in total. The summed E-state index contributed by atoms with van der Waals surface area (Å²) in [5.41, 5.74) is 20.1. The summed E-state index contributed by atoms with van der Waals surface area (Å²) < 4.78 is 0. The Morgan fingerprint density at radius 3 is 1.77 bits per heavy atom. The molecule has 14 nitrogen and oxygen atoms in total. The number of rotatable bonds is 16. The number of nitrogens with zero attached hydrogens (tertiary/aromatic N) is 1. The minimum absolute atomic E-state index is 0.0596. The molecule has 0 aliphatic heterocycles. The third kappa shape index (κ3) is 9.10. The van der Waals surface area contributed by atoms with E-state index in [4.69, 9.17) is 17.2 Å². The van der Waals surface area contributed by atoms with Gasteiger partial charge in [0.25, 0.3) is 0 Å². The Labute approximate surface area is 271 Å². The first-order valence-electron chi connectivity index (χ1n) is 15.5. The zero-order chi connectivity index (χ0) is 34.1. The van der Waals surface area contributed by atoms with Crippen LogP contribution in [0.4, 0.5) is 0 Å².